The van der Waals surface area contributed by atoms with Crippen LogP contribution in [0.1, 0.15) is 37.8 Å². The number of hydrogen-bond acceptors (Lipinski definition) is 2. The third-order valence-electron chi connectivity index (χ3n) is 3.67. The van der Waals surface area contributed by atoms with Crippen molar-refractivity contribution in [1.82, 2.24) is 0 Å². The minimum atomic E-state index is -0.667. The molecule has 0 aliphatic carbocycles. The molecule has 1 atom stereocenters. The molecule has 2 rings (SSSR count). The van der Waals surface area contributed by atoms with Crippen molar-refractivity contribution in [2.45, 2.75) is 39.7 Å². The quantitative estimate of drug-likeness (QED) is 0.723. The number of hydrogen-bond donors (Lipinski definition) is 1. The first-order valence-corrected chi connectivity index (χ1v) is 8.57. The molecule has 24 heavy (non-hydrogen) atoms. The topological polar surface area (TPSA) is 38.3 Å². The highest BCUT2D eigenvalue weighted by molar-refractivity contribution is 6.44. The number of ether oxygens (including phenoxy) is 1. The zero-order valence-electron chi connectivity index (χ0n) is 14.2. The van der Waals surface area contributed by atoms with Crippen LogP contribution < -0.4 is 10.1 Å². The molecule has 0 bridgehead atoms. The summed E-state index contributed by atoms with van der Waals surface area (Å²) in [5, 5.41) is 3.46. The van der Waals surface area contributed by atoms with Gasteiger partial charge in [0.25, 0.3) is 5.91 Å². The predicted molar refractivity (Wildman–Crippen MR) is 100 cm³/mol. The molecule has 3 nitrogen and oxygen atoms in total. The van der Waals surface area contributed by atoms with Crippen LogP contribution in [0.3, 0.4) is 0 Å². The van der Waals surface area contributed by atoms with Gasteiger partial charge < -0.3 is 10.1 Å². The van der Waals surface area contributed by atoms with E-state index in [1.165, 1.54) is 0 Å². The van der Waals surface area contributed by atoms with Gasteiger partial charge in [-0.3, -0.25) is 4.79 Å². The van der Waals surface area contributed by atoms with E-state index in [4.69, 9.17) is 27.9 Å². The second-order valence-corrected chi connectivity index (χ2v) is 6.83. The van der Waals surface area contributed by atoms with Crippen molar-refractivity contribution in [3.05, 3.63) is 57.6 Å². The van der Waals surface area contributed by atoms with Gasteiger partial charge in [0.1, 0.15) is 5.75 Å². The van der Waals surface area contributed by atoms with Crippen LogP contribution in [0.25, 0.3) is 0 Å². The number of amides is 1. The van der Waals surface area contributed by atoms with Crippen molar-refractivity contribution < 1.29 is 9.53 Å². The van der Waals surface area contributed by atoms with Crippen LogP contribution in [-0.4, -0.2) is 12.0 Å². The van der Waals surface area contributed by atoms with Gasteiger partial charge in [-0.05, 0) is 49.1 Å². The zero-order valence-corrected chi connectivity index (χ0v) is 15.7. The van der Waals surface area contributed by atoms with Gasteiger partial charge in [-0.1, -0.05) is 55.2 Å². The van der Waals surface area contributed by atoms with E-state index in [-0.39, 0.29) is 5.91 Å². The summed E-state index contributed by atoms with van der Waals surface area (Å²) in [4.78, 5) is 12.4. The zero-order chi connectivity index (χ0) is 17.9. The van der Waals surface area contributed by atoms with E-state index in [2.05, 4.69) is 19.2 Å². The fourth-order valence-corrected chi connectivity index (χ4v) is 2.65. The van der Waals surface area contributed by atoms with Crippen molar-refractivity contribution >= 4 is 34.8 Å². The number of carbonyl (C=O) groups is 1. The molecule has 0 aromatic heterocycles. The molecule has 1 amide bonds. The van der Waals surface area contributed by atoms with Crippen LogP contribution in [0.4, 0.5) is 5.69 Å². The van der Waals surface area contributed by atoms with Crippen molar-refractivity contribution in [1.29, 1.82) is 0 Å². The fourth-order valence-electron chi connectivity index (χ4n) is 2.30. The Bertz CT molecular complexity index is 744. The molecule has 0 saturated heterocycles. The number of halogens is 2. The van der Waals surface area contributed by atoms with Gasteiger partial charge in [0, 0.05) is 0 Å². The Hall–Kier alpha value is -1.71. The third kappa shape index (κ3) is 4.43. The second-order valence-electron chi connectivity index (χ2n) is 6.05. The summed E-state index contributed by atoms with van der Waals surface area (Å²) in [5.41, 5.74) is 2.62. The summed E-state index contributed by atoms with van der Waals surface area (Å²) >= 11 is 12.1. The number of nitrogens with one attached hydrogen (secondary N) is 1. The first-order chi connectivity index (χ1) is 11.3. The van der Waals surface area contributed by atoms with Crippen LogP contribution >= 0.6 is 23.2 Å². The van der Waals surface area contributed by atoms with Gasteiger partial charge in [0.15, 0.2) is 6.10 Å². The molecule has 0 fully saturated rings. The van der Waals surface area contributed by atoms with Gasteiger partial charge in [0.2, 0.25) is 0 Å². The molecule has 0 radical (unpaired) electrons. The summed E-state index contributed by atoms with van der Waals surface area (Å²) in [5.74, 6) is 0.749. The number of benzene rings is 2. The molecule has 2 aromatic carbocycles. The van der Waals surface area contributed by atoms with E-state index in [0.29, 0.717) is 21.7 Å². The first-order valence-electron chi connectivity index (χ1n) is 7.81. The highest BCUT2D eigenvalue weighted by atomic mass is 35.5. The molecular weight excluding hydrogens is 345 g/mol. The lowest BCUT2D eigenvalue weighted by Gasteiger charge is -2.19. The lowest BCUT2D eigenvalue weighted by Crippen LogP contribution is -2.30. The Morgan fingerprint density at radius 1 is 1.12 bits per heavy atom. The minimum absolute atomic E-state index is 0.282. The monoisotopic (exact) mass is 365 g/mol. The molecule has 0 aliphatic rings. The van der Waals surface area contributed by atoms with Crippen molar-refractivity contribution in [3.8, 4) is 5.75 Å². The molecular formula is C19H21Cl2NO2. The maximum Gasteiger partial charge on any atom is 0.265 e. The Morgan fingerprint density at radius 3 is 2.50 bits per heavy atom. The number of rotatable bonds is 5. The third-order valence-corrected chi connectivity index (χ3v) is 4.49. The molecule has 2 aromatic rings. The Balaban J connectivity index is 2.15. The van der Waals surface area contributed by atoms with Crippen molar-refractivity contribution in [3.63, 3.8) is 0 Å². The molecule has 5 heteroatoms. The van der Waals surface area contributed by atoms with Gasteiger partial charge in [0.05, 0.1) is 15.7 Å². The Labute approximate surface area is 152 Å². The largest absolute Gasteiger partial charge is 0.481 e. The van der Waals surface area contributed by atoms with Crippen molar-refractivity contribution in [2.75, 3.05) is 5.32 Å². The van der Waals surface area contributed by atoms with E-state index < -0.39 is 6.10 Å². The van der Waals surface area contributed by atoms with Gasteiger partial charge >= 0.3 is 0 Å². The first kappa shape index (κ1) is 18.6. The number of anilines is 1. The summed E-state index contributed by atoms with van der Waals surface area (Å²) in [7, 11) is 0. The highest BCUT2D eigenvalue weighted by Crippen LogP contribution is 2.31. The van der Waals surface area contributed by atoms with Gasteiger partial charge in [-0.2, -0.15) is 0 Å². The van der Waals surface area contributed by atoms with Crippen LogP contribution in [0.5, 0.6) is 5.75 Å². The molecule has 0 saturated carbocycles. The fraction of sp³-hybridized carbons (Fsp3) is 0.316. The normalized spacial score (nSPS) is 12.1. The van der Waals surface area contributed by atoms with E-state index in [1.54, 1.807) is 25.1 Å². The summed E-state index contributed by atoms with van der Waals surface area (Å²) in [6, 6.07) is 11.1. The highest BCUT2D eigenvalue weighted by Gasteiger charge is 2.19. The molecule has 0 aliphatic heterocycles. The van der Waals surface area contributed by atoms with Crippen molar-refractivity contribution in [2.24, 2.45) is 0 Å². The minimum Gasteiger partial charge on any atom is -0.481 e. The summed E-state index contributed by atoms with van der Waals surface area (Å²) in [6.45, 7) is 7.88. The average molecular weight is 366 g/mol. The second kappa shape index (κ2) is 7.91. The lowest BCUT2D eigenvalue weighted by atomic mass is 10.0. The Kier molecular flexibility index (Phi) is 6.14. The predicted octanol–water partition coefficient (Wildman–Crippen LogP) is 5.83. The Morgan fingerprint density at radius 2 is 1.83 bits per heavy atom. The van der Waals surface area contributed by atoms with Crippen LogP contribution in [-0.2, 0) is 4.79 Å². The van der Waals surface area contributed by atoms with Gasteiger partial charge in [-0.25, -0.2) is 0 Å². The molecule has 1 unspecified atom stereocenters. The molecule has 128 valence electrons. The smallest absolute Gasteiger partial charge is 0.265 e. The maximum atomic E-state index is 12.4. The van der Waals surface area contributed by atoms with Crippen LogP contribution in [0.15, 0.2) is 36.4 Å². The van der Waals surface area contributed by atoms with Gasteiger partial charge in [-0.15, -0.1) is 0 Å². The lowest BCUT2D eigenvalue weighted by molar-refractivity contribution is -0.122. The molecule has 1 N–H and O–H groups in total. The van der Waals surface area contributed by atoms with E-state index in [0.717, 1.165) is 16.9 Å². The van der Waals surface area contributed by atoms with Crippen LogP contribution in [0, 0.1) is 6.92 Å². The number of aryl methyl sites for hydroxylation is 1. The number of carbonyl (C=O) groups excluding carboxylic acids is 1. The van der Waals surface area contributed by atoms with Crippen LogP contribution in [0.2, 0.25) is 10.0 Å². The maximum absolute atomic E-state index is 12.4. The molecule has 0 spiro atoms. The SMILES string of the molecule is Cc1ccc(C(C)C)c(OC(C)C(=O)Nc2cccc(Cl)c2Cl)c1. The standard InChI is InChI=1S/C19H21Cl2NO2/c1-11(2)14-9-8-12(3)10-17(14)24-13(4)19(23)22-16-7-5-6-15(20)18(16)21/h5-11,13H,1-4H3,(H,22,23). The van der Waals surface area contributed by atoms with E-state index in [1.807, 2.05) is 25.1 Å². The van der Waals surface area contributed by atoms with E-state index in [9.17, 15) is 4.79 Å². The molecule has 0 heterocycles. The average Bonchev–Trinajstić information content (AvgIpc) is 2.51. The van der Waals surface area contributed by atoms with E-state index >= 15 is 0 Å². The summed E-state index contributed by atoms with van der Waals surface area (Å²) < 4.78 is 5.90. The summed E-state index contributed by atoms with van der Waals surface area (Å²) in [6.07, 6.45) is -0.667.